The van der Waals surface area contributed by atoms with Crippen LogP contribution in [-0.4, -0.2) is 44.6 Å². The van der Waals surface area contributed by atoms with Gasteiger partial charge in [-0.05, 0) is 41.3 Å². The van der Waals surface area contributed by atoms with Gasteiger partial charge in [-0.3, -0.25) is 9.59 Å². The number of aromatic nitrogens is 2. The van der Waals surface area contributed by atoms with Gasteiger partial charge < -0.3 is 20.3 Å². The molecule has 0 fully saturated rings. The Morgan fingerprint density at radius 2 is 1.89 bits per heavy atom. The number of hydrogen-bond acceptors (Lipinski definition) is 5. The molecule has 36 heavy (non-hydrogen) atoms. The zero-order valence-electron chi connectivity index (χ0n) is 19.8. The Bertz CT molecular complexity index is 1260. The van der Waals surface area contributed by atoms with Crippen LogP contribution in [0.15, 0.2) is 48.5 Å². The van der Waals surface area contributed by atoms with Gasteiger partial charge in [0, 0.05) is 16.1 Å². The Balaban J connectivity index is 1.94. The quantitative estimate of drug-likeness (QED) is 0.352. The second-order valence-corrected chi connectivity index (χ2v) is 10.1. The fourth-order valence-electron chi connectivity index (χ4n) is 3.21. The average molecular weight is 538 g/mol. The number of hydrogen-bond donors (Lipinski definition) is 3. The predicted molar refractivity (Wildman–Crippen MR) is 133 cm³/mol. The van der Waals surface area contributed by atoms with Gasteiger partial charge in [0.05, 0.1) is 24.3 Å². The topological polar surface area (TPSA) is 114 Å². The van der Waals surface area contributed by atoms with Crippen molar-refractivity contribution in [1.29, 1.82) is 0 Å². The number of aliphatic carboxylic acids is 1. The van der Waals surface area contributed by atoms with Gasteiger partial charge in [0.2, 0.25) is 5.88 Å². The van der Waals surface area contributed by atoms with Crippen molar-refractivity contribution in [3.05, 3.63) is 75.7 Å². The van der Waals surface area contributed by atoms with E-state index in [2.05, 4.69) is 10.4 Å². The minimum atomic E-state index is -1.16. The van der Waals surface area contributed by atoms with E-state index < -0.39 is 41.7 Å². The van der Waals surface area contributed by atoms with Crippen molar-refractivity contribution >= 4 is 35.1 Å². The zero-order chi connectivity index (χ0) is 26.6. The molecule has 2 unspecified atom stereocenters. The van der Waals surface area contributed by atoms with E-state index in [1.165, 1.54) is 47.1 Å². The molecule has 0 radical (unpaired) electrons. The number of carboxylic acids is 1. The molecule has 1 amide bonds. The Morgan fingerprint density at radius 3 is 2.50 bits per heavy atom. The lowest BCUT2D eigenvalue weighted by Crippen LogP contribution is -2.32. The fourth-order valence-corrected chi connectivity index (χ4v) is 3.75. The van der Waals surface area contributed by atoms with Crippen LogP contribution < -0.4 is 10.1 Å². The van der Waals surface area contributed by atoms with Crippen molar-refractivity contribution in [2.75, 3.05) is 6.61 Å². The van der Waals surface area contributed by atoms with Gasteiger partial charge in [-0.15, -0.1) is 0 Å². The van der Waals surface area contributed by atoms with Crippen LogP contribution in [0.1, 0.15) is 49.3 Å². The van der Waals surface area contributed by atoms with E-state index in [0.717, 1.165) is 0 Å². The number of aliphatic hydroxyl groups is 1. The monoisotopic (exact) mass is 537 g/mol. The summed E-state index contributed by atoms with van der Waals surface area (Å²) in [6.45, 7) is 5.42. The van der Waals surface area contributed by atoms with E-state index in [4.69, 9.17) is 27.9 Å². The molecule has 8 nitrogen and oxygen atoms in total. The molecule has 0 bridgehead atoms. The van der Waals surface area contributed by atoms with Gasteiger partial charge in [0.1, 0.15) is 12.4 Å². The van der Waals surface area contributed by atoms with E-state index in [1.807, 2.05) is 20.8 Å². The van der Waals surface area contributed by atoms with E-state index in [9.17, 15) is 24.2 Å². The minimum Gasteiger partial charge on any atom is -0.481 e. The Labute approximate surface area is 217 Å². The summed E-state index contributed by atoms with van der Waals surface area (Å²) in [6.07, 6.45) is -1.28. The van der Waals surface area contributed by atoms with Crippen LogP contribution in [0.3, 0.4) is 0 Å². The molecular weight excluding hydrogens is 512 g/mol. The van der Waals surface area contributed by atoms with Crippen molar-refractivity contribution in [3.8, 4) is 11.6 Å². The number of ether oxygens (including phenoxy) is 1. The molecule has 0 aliphatic carbocycles. The largest absolute Gasteiger partial charge is 0.481 e. The maximum Gasteiger partial charge on any atom is 0.305 e. The third-order valence-electron chi connectivity index (χ3n) is 5.37. The highest BCUT2D eigenvalue weighted by atomic mass is 35.5. The lowest BCUT2D eigenvalue weighted by molar-refractivity contribution is -0.137. The SMILES string of the molecule is CC(C)(C)C(O)COc1cc(C(=O)NC(CC(=O)O)c2ccc(Cl)cc2Cl)nn1-c1cccc(F)c1. The van der Waals surface area contributed by atoms with E-state index in [-0.39, 0.29) is 28.9 Å². The predicted octanol–water partition coefficient (Wildman–Crippen LogP) is 5.05. The van der Waals surface area contributed by atoms with Gasteiger partial charge in [0.15, 0.2) is 5.69 Å². The normalized spacial score (nSPS) is 13.2. The van der Waals surface area contributed by atoms with Crippen molar-refractivity contribution in [2.45, 2.75) is 39.3 Å². The smallest absolute Gasteiger partial charge is 0.305 e. The van der Waals surface area contributed by atoms with Crippen LogP contribution in [0.25, 0.3) is 5.69 Å². The highest BCUT2D eigenvalue weighted by molar-refractivity contribution is 6.35. The number of rotatable bonds is 9. The van der Waals surface area contributed by atoms with Crippen molar-refractivity contribution in [2.24, 2.45) is 5.41 Å². The molecule has 3 rings (SSSR count). The Kier molecular flexibility index (Phi) is 8.60. The summed E-state index contributed by atoms with van der Waals surface area (Å²) in [5, 5.41) is 27.2. The minimum absolute atomic E-state index is 0.0911. The molecule has 2 aromatic carbocycles. The fraction of sp³-hybridized carbons (Fsp3) is 0.320. The van der Waals surface area contributed by atoms with Crippen LogP contribution >= 0.6 is 23.2 Å². The van der Waals surface area contributed by atoms with Gasteiger partial charge in [-0.25, -0.2) is 9.07 Å². The number of carboxylic acid groups (broad SMARTS) is 1. The van der Waals surface area contributed by atoms with Crippen LogP contribution in [0.2, 0.25) is 10.0 Å². The molecule has 3 N–H and O–H groups in total. The Hall–Kier alpha value is -3.14. The molecule has 3 aromatic rings. The van der Waals surface area contributed by atoms with Gasteiger partial charge >= 0.3 is 5.97 Å². The summed E-state index contributed by atoms with van der Waals surface area (Å²) in [7, 11) is 0. The molecule has 0 aliphatic rings. The first-order valence-corrected chi connectivity index (χ1v) is 11.7. The van der Waals surface area contributed by atoms with Crippen molar-refractivity contribution < 1.29 is 28.9 Å². The molecule has 1 heterocycles. The molecule has 0 saturated carbocycles. The zero-order valence-corrected chi connectivity index (χ0v) is 21.3. The number of carbonyl (C=O) groups excluding carboxylic acids is 1. The van der Waals surface area contributed by atoms with Crippen LogP contribution in [0.4, 0.5) is 4.39 Å². The summed E-state index contributed by atoms with van der Waals surface area (Å²) in [4.78, 5) is 24.6. The van der Waals surface area contributed by atoms with Crippen LogP contribution in [0, 0.1) is 11.2 Å². The van der Waals surface area contributed by atoms with Gasteiger partial charge in [0.25, 0.3) is 5.91 Å². The second kappa shape index (κ2) is 11.3. The standard InChI is InChI=1S/C25H26Cl2FN3O5/c1-25(2,3)21(32)13-36-22-11-20(30-31(22)16-6-4-5-15(28)10-16)24(35)29-19(12-23(33)34)17-8-7-14(26)9-18(17)27/h4-11,19,21,32H,12-13H2,1-3H3,(H,29,35)(H,33,34). The Morgan fingerprint density at radius 1 is 1.17 bits per heavy atom. The first-order chi connectivity index (χ1) is 16.8. The molecule has 192 valence electrons. The maximum atomic E-state index is 13.9. The molecular formula is C25H26Cl2FN3O5. The van der Waals surface area contributed by atoms with E-state index >= 15 is 0 Å². The number of nitrogens with one attached hydrogen (secondary N) is 1. The molecule has 11 heteroatoms. The average Bonchev–Trinajstić information content (AvgIpc) is 3.20. The first kappa shape index (κ1) is 27.4. The highest BCUT2D eigenvalue weighted by Gasteiger charge is 2.26. The first-order valence-electron chi connectivity index (χ1n) is 11.0. The summed E-state index contributed by atoms with van der Waals surface area (Å²) < 4.78 is 20.9. The number of halogens is 3. The van der Waals surface area contributed by atoms with Gasteiger partial charge in [-0.2, -0.15) is 5.10 Å². The highest BCUT2D eigenvalue weighted by Crippen LogP contribution is 2.29. The third kappa shape index (κ3) is 6.96. The number of aliphatic hydroxyl groups excluding tert-OH is 1. The number of carbonyl (C=O) groups is 2. The summed E-state index contributed by atoms with van der Waals surface area (Å²) in [5.41, 5.74) is 0.0782. The van der Waals surface area contributed by atoms with Crippen LogP contribution in [-0.2, 0) is 4.79 Å². The molecule has 1 aromatic heterocycles. The summed E-state index contributed by atoms with van der Waals surface area (Å²) >= 11 is 12.2. The summed E-state index contributed by atoms with van der Waals surface area (Å²) in [6, 6.07) is 10.4. The molecule has 0 spiro atoms. The second-order valence-electron chi connectivity index (χ2n) is 9.24. The number of benzene rings is 2. The van der Waals surface area contributed by atoms with Crippen molar-refractivity contribution in [3.63, 3.8) is 0 Å². The van der Waals surface area contributed by atoms with Crippen molar-refractivity contribution in [1.82, 2.24) is 15.1 Å². The number of nitrogens with zero attached hydrogens (tertiary/aromatic N) is 2. The molecule has 2 atom stereocenters. The lowest BCUT2D eigenvalue weighted by atomic mass is 9.90. The van der Waals surface area contributed by atoms with E-state index in [0.29, 0.717) is 10.6 Å². The lowest BCUT2D eigenvalue weighted by Gasteiger charge is -2.25. The van der Waals surface area contributed by atoms with Gasteiger partial charge in [-0.1, -0.05) is 56.1 Å². The maximum absolute atomic E-state index is 13.9. The van der Waals surface area contributed by atoms with Crippen LogP contribution in [0.5, 0.6) is 5.88 Å². The molecule has 0 saturated heterocycles. The molecule has 0 aliphatic heterocycles. The van der Waals surface area contributed by atoms with E-state index in [1.54, 1.807) is 6.07 Å². The third-order valence-corrected chi connectivity index (χ3v) is 5.94. The summed E-state index contributed by atoms with van der Waals surface area (Å²) in [5.74, 6) is -2.29. The number of amides is 1.